The Morgan fingerprint density at radius 2 is 1.68 bits per heavy atom. The molecule has 1 saturated carbocycles. The average molecular weight is 332 g/mol. The minimum atomic E-state index is -5.86. The average Bonchev–Trinajstić information content (AvgIpc) is 2.92. The van der Waals surface area contributed by atoms with Crippen molar-refractivity contribution in [3.63, 3.8) is 0 Å². The summed E-state index contributed by atoms with van der Waals surface area (Å²) >= 11 is 0. The Kier molecular flexibility index (Phi) is 4.23. The van der Waals surface area contributed by atoms with Crippen LogP contribution in [0.5, 0.6) is 0 Å². The first-order valence-electron chi connectivity index (χ1n) is 6.64. The van der Waals surface area contributed by atoms with Gasteiger partial charge >= 0.3 is 18.3 Å². The molecule has 0 saturated heterocycles. The largest absolute Gasteiger partial charge is 0.481 e. The second kappa shape index (κ2) is 5.43. The summed E-state index contributed by atoms with van der Waals surface area (Å²) in [5.41, 5.74) is -4.67. The highest BCUT2D eigenvalue weighted by molar-refractivity contribution is 5.68. The highest BCUT2D eigenvalue weighted by Crippen LogP contribution is 2.50. The number of aliphatic carboxylic acids is 1. The van der Waals surface area contributed by atoms with Crippen LogP contribution in [0.2, 0.25) is 0 Å². The van der Waals surface area contributed by atoms with Crippen molar-refractivity contribution in [2.75, 3.05) is 6.61 Å². The zero-order chi connectivity index (χ0) is 16.8. The Balaban J connectivity index is 2.20. The van der Waals surface area contributed by atoms with E-state index >= 15 is 0 Å². The molecule has 0 heterocycles. The predicted molar refractivity (Wildman–Crippen MR) is 61.9 cm³/mol. The molecule has 0 spiro atoms. The lowest BCUT2D eigenvalue weighted by Gasteiger charge is -2.37. The summed E-state index contributed by atoms with van der Waals surface area (Å²) in [7, 11) is 0. The van der Waals surface area contributed by atoms with Gasteiger partial charge in [-0.25, -0.2) is 0 Å². The smallest absolute Gasteiger partial charge is 0.427 e. The number of alkyl halides is 6. The second-order valence-corrected chi connectivity index (χ2v) is 5.74. The molecule has 22 heavy (non-hydrogen) atoms. The molecule has 2 aliphatic carbocycles. The first-order valence-corrected chi connectivity index (χ1v) is 6.64. The summed E-state index contributed by atoms with van der Waals surface area (Å²) in [5.74, 6) is -2.62. The number of hydrogen-bond donors (Lipinski definition) is 1. The Morgan fingerprint density at radius 1 is 1.09 bits per heavy atom. The van der Waals surface area contributed by atoms with Crippen LogP contribution >= 0.6 is 0 Å². The normalized spacial score (nSPS) is 28.4. The third-order valence-corrected chi connectivity index (χ3v) is 4.28. The van der Waals surface area contributed by atoms with Crippen molar-refractivity contribution in [3.05, 3.63) is 12.2 Å². The molecular formula is C13H14F6O3. The number of carbonyl (C=O) groups is 1. The summed E-state index contributed by atoms with van der Waals surface area (Å²) in [6.07, 6.45) is -9.12. The van der Waals surface area contributed by atoms with Gasteiger partial charge in [-0.3, -0.25) is 4.79 Å². The lowest BCUT2D eigenvalue weighted by molar-refractivity contribution is -0.383. The standard InChI is InChI=1S/C13H14F6O3/c14-12(15,16)11(5-10(20)21,13(17,18)19)22-6-9-4-7-1-2-8(9)3-7/h1-2,7-9H,3-6H2,(H,20,21). The van der Waals surface area contributed by atoms with E-state index in [4.69, 9.17) is 5.11 Å². The minimum absolute atomic E-state index is 0.103. The molecule has 2 bridgehead atoms. The Labute approximate surface area is 121 Å². The van der Waals surface area contributed by atoms with E-state index in [1.165, 1.54) is 0 Å². The molecule has 0 radical (unpaired) electrons. The van der Waals surface area contributed by atoms with E-state index in [1.807, 2.05) is 6.08 Å². The quantitative estimate of drug-likeness (QED) is 0.619. The third kappa shape index (κ3) is 2.95. The first kappa shape index (κ1) is 17.1. The van der Waals surface area contributed by atoms with Gasteiger partial charge in [-0.2, -0.15) is 26.3 Å². The van der Waals surface area contributed by atoms with Gasteiger partial charge < -0.3 is 9.84 Å². The summed E-state index contributed by atoms with van der Waals surface area (Å²) in [6.45, 7) is -0.766. The first-order chi connectivity index (χ1) is 9.96. The lowest BCUT2D eigenvalue weighted by Crippen LogP contribution is -2.60. The molecule has 3 nitrogen and oxygen atoms in total. The van der Waals surface area contributed by atoms with Gasteiger partial charge in [-0.05, 0) is 30.6 Å². The Bertz CT molecular complexity index is 453. The molecule has 2 aliphatic rings. The number of allylic oxidation sites excluding steroid dienone is 2. The van der Waals surface area contributed by atoms with Gasteiger partial charge in [0.2, 0.25) is 0 Å². The van der Waals surface area contributed by atoms with Gasteiger partial charge in [0.15, 0.2) is 0 Å². The molecule has 2 rings (SSSR count). The fourth-order valence-corrected chi connectivity index (χ4v) is 3.12. The van der Waals surface area contributed by atoms with E-state index < -0.39 is 42.9 Å². The molecule has 0 amide bonds. The van der Waals surface area contributed by atoms with Crippen molar-refractivity contribution >= 4 is 5.97 Å². The van der Waals surface area contributed by atoms with Crippen LogP contribution in [0.25, 0.3) is 0 Å². The van der Waals surface area contributed by atoms with Crippen LogP contribution in [0.3, 0.4) is 0 Å². The van der Waals surface area contributed by atoms with E-state index in [0.29, 0.717) is 12.8 Å². The molecule has 1 fully saturated rings. The molecule has 9 heteroatoms. The van der Waals surface area contributed by atoms with E-state index in [1.54, 1.807) is 6.08 Å². The van der Waals surface area contributed by atoms with E-state index in [9.17, 15) is 31.1 Å². The highest BCUT2D eigenvalue weighted by atomic mass is 19.4. The van der Waals surface area contributed by atoms with Crippen molar-refractivity contribution in [2.45, 2.75) is 37.2 Å². The molecule has 3 atom stereocenters. The lowest BCUT2D eigenvalue weighted by atomic mass is 9.93. The topological polar surface area (TPSA) is 46.5 Å². The molecule has 3 unspecified atom stereocenters. The maximum atomic E-state index is 13.0. The van der Waals surface area contributed by atoms with Gasteiger partial charge in [-0.1, -0.05) is 12.2 Å². The maximum absolute atomic E-state index is 13.0. The summed E-state index contributed by atoms with van der Waals surface area (Å²) in [6, 6.07) is 0. The number of halogens is 6. The molecule has 0 aliphatic heterocycles. The minimum Gasteiger partial charge on any atom is -0.481 e. The molecule has 0 aromatic heterocycles. The van der Waals surface area contributed by atoms with E-state index in [2.05, 4.69) is 4.74 Å². The SMILES string of the molecule is O=C(O)CC(OCC1CC2C=CC1C2)(C(F)(F)F)C(F)(F)F. The van der Waals surface area contributed by atoms with Crippen LogP contribution in [0.1, 0.15) is 19.3 Å². The summed E-state index contributed by atoms with van der Waals surface area (Å²) in [5, 5.41) is 8.48. The number of fused-ring (bicyclic) bond motifs is 2. The second-order valence-electron chi connectivity index (χ2n) is 5.74. The van der Waals surface area contributed by atoms with Crippen molar-refractivity contribution in [2.24, 2.45) is 17.8 Å². The third-order valence-electron chi connectivity index (χ3n) is 4.28. The molecular weight excluding hydrogens is 318 g/mol. The van der Waals surface area contributed by atoms with Gasteiger partial charge in [-0.15, -0.1) is 0 Å². The van der Waals surface area contributed by atoms with Gasteiger partial charge in [0.25, 0.3) is 5.60 Å². The van der Waals surface area contributed by atoms with Crippen LogP contribution in [-0.4, -0.2) is 35.6 Å². The molecule has 126 valence electrons. The van der Waals surface area contributed by atoms with E-state index in [-0.39, 0.29) is 11.8 Å². The van der Waals surface area contributed by atoms with Crippen LogP contribution in [0, 0.1) is 17.8 Å². The predicted octanol–water partition coefficient (Wildman–Crippen LogP) is 3.55. The van der Waals surface area contributed by atoms with Crippen LogP contribution in [0.4, 0.5) is 26.3 Å². The monoisotopic (exact) mass is 332 g/mol. The van der Waals surface area contributed by atoms with Crippen LogP contribution in [-0.2, 0) is 9.53 Å². The van der Waals surface area contributed by atoms with Gasteiger partial charge in [0.1, 0.15) is 0 Å². The van der Waals surface area contributed by atoms with Crippen LogP contribution < -0.4 is 0 Å². The number of ether oxygens (including phenoxy) is 1. The van der Waals surface area contributed by atoms with Crippen molar-refractivity contribution in [1.82, 2.24) is 0 Å². The van der Waals surface area contributed by atoms with Gasteiger partial charge in [0, 0.05) is 0 Å². The van der Waals surface area contributed by atoms with Crippen molar-refractivity contribution < 1.29 is 41.0 Å². The molecule has 1 N–H and O–H groups in total. The van der Waals surface area contributed by atoms with Crippen molar-refractivity contribution in [1.29, 1.82) is 0 Å². The summed E-state index contributed by atoms with van der Waals surface area (Å²) < 4.78 is 82.1. The van der Waals surface area contributed by atoms with Crippen molar-refractivity contribution in [3.8, 4) is 0 Å². The Morgan fingerprint density at radius 3 is 2.05 bits per heavy atom. The zero-order valence-corrected chi connectivity index (χ0v) is 11.2. The molecule has 0 aromatic carbocycles. The zero-order valence-electron chi connectivity index (χ0n) is 11.2. The summed E-state index contributed by atoms with van der Waals surface area (Å²) in [4.78, 5) is 10.5. The number of hydrogen-bond acceptors (Lipinski definition) is 2. The maximum Gasteiger partial charge on any atom is 0.427 e. The Hall–Kier alpha value is -1.25. The number of carboxylic acids is 1. The number of carboxylic acid groups (broad SMARTS) is 1. The van der Waals surface area contributed by atoms with Gasteiger partial charge in [0.05, 0.1) is 13.0 Å². The van der Waals surface area contributed by atoms with E-state index in [0.717, 1.165) is 0 Å². The fourth-order valence-electron chi connectivity index (χ4n) is 3.12. The molecule has 0 aromatic rings. The fraction of sp³-hybridized carbons (Fsp3) is 0.769. The highest BCUT2D eigenvalue weighted by Gasteiger charge is 2.73. The van der Waals surface area contributed by atoms with Crippen LogP contribution in [0.15, 0.2) is 12.2 Å². The number of rotatable bonds is 5.